The van der Waals surface area contributed by atoms with Crippen LogP contribution in [0.5, 0.6) is 0 Å². The zero-order valence-electron chi connectivity index (χ0n) is 7.84. The Morgan fingerprint density at radius 1 is 1.33 bits per heavy atom. The summed E-state index contributed by atoms with van der Waals surface area (Å²) in [5.41, 5.74) is 0. The molecule has 0 saturated carbocycles. The third-order valence-corrected chi connectivity index (χ3v) is 4.49. The van der Waals surface area contributed by atoms with Gasteiger partial charge in [-0.25, -0.2) is 0 Å². The van der Waals surface area contributed by atoms with E-state index in [1.807, 2.05) is 13.5 Å². The molecule has 0 aromatic carbocycles. The highest BCUT2D eigenvalue weighted by Gasteiger charge is 2.18. The predicted octanol–water partition coefficient (Wildman–Crippen LogP) is 0.839. The largest absolute Gasteiger partial charge is 0.493 e. The Morgan fingerprint density at radius 3 is 2.33 bits per heavy atom. The SMILES string of the molecule is CCO[Si](C)O[Si](C)OC(C)=O. The fourth-order valence-electron chi connectivity index (χ4n) is 0.658. The Kier molecular flexibility index (Phi) is 6.26. The molecule has 0 aromatic heterocycles. The summed E-state index contributed by atoms with van der Waals surface area (Å²) in [6.45, 7) is 7.58. The fourth-order valence-corrected chi connectivity index (χ4v) is 3.49. The van der Waals surface area contributed by atoms with Crippen LogP contribution in [-0.4, -0.2) is 31.1 Å². The zero-order valence-corrected chi connectivity index (χ0v) is 9.84. The van der Waals surface area contributed by atoms with E-state index in [0.29, 0.717) is 6.61 Å². The Labute approximate surface area is 76.5 Å². The molecule has 0 bridgehead atoms. The molecule has 0 rings (SSSR count). The van der Waals surface area contributed by atoms with Crippen molar-refractivity contribution in [1.29, 1.82) is 0 Å². The van der Waals surface area contributed by atoms with Gasteiger partial charge in [0.1, 0.15) is 0 Å². The van der Waals surface area contributed by atoms with Gasteiger partial charge in [0.2, 0.25) is 0 Å². The molecule has 0 fully saturated rings. The molecule has 2 radical (unpaired) electrons. The highest BCUT2D eigenvalue weighted by atomic mass is 28.4. The summed E-state index contributed by atoms with van der Waals surface area (Å²) in [6, 6.07) is 0. The van der Waals surface area contributed by atoms with Crippen molar-refractivity contribution >= 4 is 24.5 Å². The lowest BCUT2D eigenvalue weighted by Gasteiger charge is -2.13. The maximum atomic E-state index is 10.5. The van der Waals surface area contributed by atoms with Crippen molar-refractivity contribution in [2.75, 3.05) is 6.61 Å². The van der Waals surface area contributed by atoms with E-state index in [-0.39, 0.29) is 5.97 Å². The van der Waals surface area contributed by atoms with E-state index in [0.717, 1.165) is 0 Å². The molecule has 12 heavy (non-hydrogen) atoms. The van der Waals surface area contributed by atoms with E-state index in [9.17, 15) is 4.79 Å². The first-order valence-corrected chi connectivity index (χ1v) is 7.35. The smallest absolute Gasteiger partial charge is 0.446 e. The minimum Gasteiger partial charge on any atom is -0.493 e. The molecule has 0 heterocycles. The van der Waals surface area contributed by atoms with Crippen molar-refractivity contribution in [2.45, 2.75) is 26.9 Å². The second-order valence-electron chi connectivity index (χ2n) is 2.11. The molecule has 0 aliphatic heterocycles. The third kappa shape index (κ3) is 6.53. The zero-order chi connectivity index (χ0) is 9.56. The Bertz CT molecular complexity index is 142. The van der Waals surface area contributed by atoms with Crippen LogP contribution >= 0.6 is 0 Å². The molecule has 6 heteroatoms. The van der Waals surface area contributed by atoms with Gasteiger partial charge in [-0.3, -0.25) is 4.79 Å². The molecular weight excluding hydrogens is 192 g/mol. The van der Waals surface area contributed by atoms with Crippen LogP contribution in [0.2, 0.25) is 13.1 Å². The summed E-state index contributed by atoms with van der Waals surface area (Å²) < 4.78 is 15.4. The molecule has 0 spiro atoms. The summed E-state index contributed by atoms with van der Waals surface area (Å²) in [5, 5.41) is 0. The highest BCUT2D eigenvalue weighted by Crippen LogP contribution is 1.95. The lowest BCUT2D eigenvalue weighted by atomic mass is 10.9. The van der Waals surface area contributed by atoms with Gasteiger partial charge in [-0.05, 0) is 20.0 Å². The third-order valence-electron chi connectivity index (χ3n) is 0.923. The molecule has 0 aromatic rings. The summed E-state index contributed by atoms with van der Waals surface area (Å²) in [4.78, 5) is 10.5. The van der Waals surface area contributed by atoms with E-state index in [1.165, 1.54) is 6.92 Å². The van der Waals surface area contributed by atoms with Gasteiger partial charge in [0.25, 0.3) is 5.97 Å². The Morgan fingerprint density at radius 2 is 1.92 bits per heavy atom. The molecule has 70 valence electrons. The van der Waals surface area contributed by atoms with Crippen LogP contribution in [0.1, 0.15) is 13.8 Å². The fraction of sp³-hybridized carbons (Fsp3) is 0.833. The number of hydrogen-bond donors (Lipinski definition) is 0. The molecule has 0 atom stereocenters. The van der Waals surface area contributed by atoms with E-state index < -0.39 is 18.6 Å². The van der Waals surface area contributed by atoms with Crippen LogP contribution in [0.15, 0.2) is 0 Å². The molecule has 4 nitrogen and oxygen atoms in total. The minimum absolute atomic E-state index is 0.294. The first-order chi connectivity index (χ1) is 5.56. The average Bonchev–Trinajstić information content (AvgIpc) is 1.84. The number of hydrogen-bond acceptors (Lipinski definition) is 4. The predicted molar refractivity (Wildman–Crippen MR) is 47.7 cm³/mol. The maximum absolute atomic E-state index is 10.5. The van der Waals surface area contributed by atoms with Crippen LogP contribution in [-0.2, 0) is 17.8 Å². The molecule has 0 aliphatic carbocycles. The van der Waals surface area contributed by atoms with Crippen LogP contribution < -0.4 is 0 Å². The molecule has 0 saturated heterocycles. The normalized spacial score (nSPS) is 10.8. The summed E-state index contributed by atoms with van der Waals surface area (Å²) >= 11 is 0. The van der Waals surface area contributed by atoms with Crippen LogP contribution in [0.4, 0.5) is 0 Å². The van der Waals surface area contributed by atoms with Crippen LogP contribution in [0.25, 0.3) is 0 Å². The highest BCUT2D eigenvalue weighted by molar-refractivity contribution is 6.58. The van der Waals surface area contributed by atoms with Gasteiger partial charge in [-0.1, -0.05) is 0 Å². The first-order valence-electron chi connectivity index (χ1n) is 3.72. The van der Waals surface area contributed by atoms with Gasteiger partial charge >= 0.3 is 18.6 Å². The molecular formula is C6H14O4Si2. The second-order valence-corrected chi connectivity index (χ2v) is 5.39. The van der Waals surface area contributed by atoms with E-state index in [2.05, 4.69) is 0 Å². The van der Waals surface area contributed by atoms with E-state index in [1.54, 1.807) is 6.55 Å². The van der Waals surface area contributed by atoms with Crippen molar-refractivity contribution in [2.24, 2.45) is 0 Å². The van der Waals surface area contributed by atoms with Gasteiger partial charge in [-0.2, -0.15) is 0 Å². The van der Waals surface area contributed by atoms with Gasteiger partial charge in [0, 0.05) is 13.5 Å². The van der Waals surface area contributed by atoms with Crippen molar-refractivity contribution in [3.8, 4) is 0 Å². The Balaban J connectivity index is 3.53. The van der Waals surface area contributed by atoms with Crippen molar-refractivity contribution in [1.82, 2.24) is 0 Å². The quantitative estimate of drug-likeness (QED) is 0.625. The van der Waals surface area contributed by atoms with Crippen molar-refractivity contribution in [3.05, 3.63) is 0 Å². The van der Waals surface area contributed by atoms with Gasteiger partial charge in [0.05, 0.1) is 0 Å². The average molecular weight is 206 g/mol. The van der Waals surface area contributed by atoms with Crippen molar-refractivity contribution in [3.63, 3.8) is 0 Å². The minimum atomic E-state index is -1.44. The molecule has 0 unspecified atom stereocenters. The topological polar surface area (TPSA) is 44.8 Å². The second kappa shape index (κ2) is 6.35. The number of rotatable bonds is 5. The van der Waals surface area contributed by atoms with Crippen LogP contribution in [0, 0.1) is 0 Å². The van der Waals surface area contributed by atoms with Crippen LogP contribution in [0.3, 0.4) is 0 Å². The van der Waals surface area contributed by atoms with E-state index in [4.69, 9.17) is 13.0 Å². The van der Waals surface area contributed by atoms with Gasteiger partial charge in [0.15, 0.2) is 0 Å². The van der Waals surface area contributed by atoms with Crippen molar-refractivity contribution < 1.29 is 17.8 Å². The molecule has 0 amide bonds. The molecule has 0 aliphatic rings. The Hall–Kier alpha value is -0.176. The monoisotopic (exact) mass is 206 g/mol. The maximum Gasteiger partial charge on any atom is 0.446 e. The van der Waals surface area contributed by atoms with Gasteiger partial charge < -0.3 is 13.0 Å². The number of carbonyl (C=O) groups excluding carboxylic acids is 1. The lowest BCUT2D eigenvalue weighted by Crippen LogP contribution is -2.30. The van der Waals surface area contributed by atoms with E-state index >= 15 is 0 Å². The first kappa shape index (κ1) is 11.8. The summed E-state index contributed by atoms with van der Waals surface area (Å²) in [5.74, 6) is -0.294. The number of carbonyl (C=O) groups is 1. The van der Waals surface area contributed by atoms with Gasteiger partial charge in [-0.15, -0.1) is 0 Å². The summed E-state index contributed by atoms with van der Waals surface area (Å²) in [6.07, 6.45) is 0. The molecule has 0 N–H and O–H groups in total. The summed E-state index contributed by atoms with van der Waals surface area (Å²) in [7, 11) is -2.66. The lowest BCUT2D eigenvalue weighted by molar-refractivity contribution is -0.133. The standard InChI is InChI=1S/C6H14O4Si2/c1-5-8-11(3)10-12(4)9-6(2)7/h5H2,1-4H3.